The number of hydrogen-bond donors (Lipinski definition) is 2. The summed E-state index contributed by atoms with van der Waals surface area (Å²) in [4.78, 5) is 24.3. The van der Waals surface area contributed by atoms with Gasteiger partial charge in [-0.25, -0.2) is 18.4 Å². The van der Waals surface area contributed by atoms with Crippen LogP contribution in [0.25, 0.3) is 0 Å². The lowest BCUT2D eigenvalue weighted by molar-refractivity contribution is -0.117. The Labute approximate surface area is 129 Å². The Hall–Kier alpha value is -1.45. The number of carboxylic acids is 1. The first-order chi connectivity index (χ1) is 9.67. The first kappa shape index (κ1) is 15.9. The fraction of sp³-hybridized carbons (Fsp3) is 0.333. The van der Waals surface area contributed by atoms with Gasteiger partial charge in [-0.3, -0.25) is 4.79 Å². The standard InChI is InChI=1S/C12H13BrN2O5S/c13-9-4-8(12(17)18)1-2-10(9)15-5-7(3-11(15)16)6-21(14,19)20/h1-2,4,7H,3,5-6H2,(H,17,18)(H2,14,19,20). The molecule has 1 fully saturated rings. The van der Waals surface area contributed by atoms with Crippen LogP contribution in [-0.4, -0.2) is 37.7 Å². The van der Waals surface area contributed by atoms with E-state index in [9.17, 15) is 18.0 Å². The monoisotopic (exact) mass is 376 g/mol. The lowest BCUT2D eigenvalue weighted by Gasteiger charge is -2.18. The van der Waals surface area contributed by atoms with Crippen molar-refractivity contribution in [2.24, 2.45) is 11.1 Å². The highest BCUT2D eigenvalue weighted by Gasteiger charge is 2.33. The Morgan fingerprint density at radius 2 is 2.14 bits per heavy atom. The van der Waals surface area contributed by atoms with Gasteiger partial charge in [-0.1, -0.05) is 0 Å². The summed E-state index contributed by atoms with van der Waals surface area (Å²) in [6.45, 7) is 0.236. The van der Waals surface area contributed by atoms with E-state index in [-0.39, 0.29) is 36.1 Å². The molecule has 2 rings (SSSR count). The molecule has 9 heteroatoms. The second-order valence-electron chi connectivity index (χ2n) is 4.88. The predicted octanol–water partition coefficient (Wildman–Crippen LogP) is 0.789. The van der Waals surface area contributed by atoms with Crippen LogP contribution in [0.4, 0.5) is 5.69 Å². The third-order valence-electron chi connectivity index (χ3n) is 3.16. The van der Waals surface area contributed by atoms with E-state index in [2.05, 4.69) is 15.9 Å². The number of hydrogen-bond acceptors (Lipinski definition) is 4. The van der Waals surface area contributed by atoms with Crippen LogP contribution < -0.4 is 10.0 Å². The van der Waals surface area contributed by atoms with Crippen LogP contribution in [0.2, 0.25) is 0 Å². The molecule has 0 spiro atoms. The summed E-state index contributed by atoms with van der Waals surface area (Å²) in [5, 5.41) is 13.9. The molecule has 1 amide bonds. The summed E-state index contributed by atoms with van der Waals surface area (Å²) >= 11 is 3.23. The SMILES string of the molecule is NS(=O)(=O)CC1CC(=O)N(c2ccc(C(=O)O)cc2Br)C1. The van der Waals surface area contributed by atoms with Crippen molar-refractivity contribution >= 4 is 43.5 Å². The van der Waals surface area contributed by atoms with Gasteiger partial charge in [0, 0.05) is 23.4 Å². The number of nitrogens with two attached hydrogens (primary N) is 1. The van der Waals surface area contributed by atoms with Crippen molar-refractivity contribution in [3.63, 3.8) is 0 Å². The maximum atomic E-state index is 12.0. The van der Waals surface area contributed by atoms with Crippen LogP contribution in [0, 0.1) is 5.92 Å². The van der Waals surface area contributed by atoms with E-state index < -0.39 is 16.0 Å². The normalized spacial score (nSPS) is 19.0. The number of carbonyl (C=O) groups excluding carboxylic acids is 1. The van der Waals surface area contributed by atoms with E-state index in [4.69, 9.17) is 10.2 Å². The minimum atomic E-state index is -3.63. The zero-order valence-corrected chi connectivity index (χ0v) is 13.2. The average molecular weight is 377 g/mol. The van der Waals surface area contributed by atoms with Crippen molar-refractivity contribution in [3.05, 3.63) is 28.2 Å². The van der Waals surface area contributed by atoms with Gasteiger partial charge in [-0.2, -0.15) is 0 Å². The number of sulfonamides is 1. The average Bonchev–Trinajstić information content (AvgIpc) is 2.67. The second-order valence-corrected chi connectivity index (χ2v) is 7.39. The summed E-state index contributed by atoms with van der Waals surface area (Å²) < 4.78 is 22.7. The van der Waals surface area contributed by atoms with E-state index >= 15 is 0 Å². The van der Waals surface area contributed by atoms with Crippen LogP contribution in [-0.2, 0) is 14.8 Å². The minimum absolute atomic E-state index is 0.0957. The first-order valence-corrected chi connectivity index (χ1v) is 8.52. The molecule has 114 valence electrons. The number of carboxylic acid groups (broad SMARTS) is 1. The topological polar surface area (TPSA) is 118 Å². The Balaban J connectivity index is 2.23. The highest BCUT2D eigenvalue weighted by molar-refractivity contribution is 9.10. The highest BCUT2D eigenvalue weighted by atomic mass is 79.9. The number of amides is 1. The fourth-order valence-corrected chi connectivity index (χ4v) is 3.79. The van der Waals surface area contributed by atoms with E-state index in [0.29, 0.717) is 10.2 Å². The van der Waals surface area contributed by atoms with Gasteiger partial charge >= 0.3 is 5.97 Å². The van der Waals surface area contributed by atoms with Crippen molar-refractivity contribution in [3.8, 4) is 0 Å². The van der Waals surface area contributed by atoms with Crippen LogP contribution in [0.15, 0.2) is 22.7 Å². The van der Waals surface area contributed by atoms with Crippen LogP contribution >= 0.6 is 15.9 Å². The molecule has 0 radical (unpaired) electrons. The molecule has 0 bridgehead atoms. The quantitative estimate of drug-likeness (QED) is 0.804. The molecule has 21 heavy (non-hydrogen) atoms. The lowest BCUT2D eigenvalue weighted by Crippen LogP contribution is -2.27. The summed E-state index contributed by atoms with van der Waals surface area (Å²) in [6.07, 6.45) is 0.101. The Morgan fingerprint density at radius 1 is 1.48 bits per heavy atom. The fourth-order valence-electron chi connectivity index (χ4n) is 2.31. The van der Waals surface area contributed by atoms with Gasteiger partial charge in [0.15, 0.2) is 0 Å². The molecule has 0 aliphatic carbocycles. The van der Waals surface area contributed by atoms with E-state index in [1.54, 1.807) is 0 Å². The van der Waals surface area contributed by atoms with Gasteiger partial charge in [0.05, 0.1) is 17.0 Å². The molecule has 1 aliphatic heterocycles. The number of primary sulfonamides is 1. The first-order valence-electron chi connectivity index (χ1n) is 6.01. The number of benzene rings is 1. The molecule has 7 nitrogen and oxygen atoms in total. The Morgan fingerprint density at radius 3 is 2.67 bits per heavy atom. The van der Waals surface area contributed by atoms with Gasteiger partial charge in [0.25, 0.3) is 0 Å². The summed E-state index contributed by atoms with van der Waals surface area (Å²) in [6, 6.07) is 4.31. The van der Waals surface area contributed by atoms with E-state index in [1.165, 1.54) is 23.1 Å². The van der Waals surface area contributed by atoms with Crippen molar-refractivity contribution < 1.29 is 23.1 Å². The van der Waals surface area contributed by atoms with E-state index in [1.807, 2.05) is 0 Å². The molecule has 0 aromatic heterocycles. The van der Waals surface area contributed by atoms with Crippen LogP contribution in [0.3, 0.4) is 0 Å². The Bertz CT molecular complexity index is 704. The van der Waals surface area contributed by atoms with Crippen molar-refractivity contribution in [1.29, 1.82) is 0 Å². The maximum absolute atomic E-state index is 12.0. The van der Waals surface area contributed by atoms with Crippen molar-refractivity contribution in [2.45, 2.75) is 6.42 Å². The number of aromatic carboxylic acids is 1. The third kappa shape index (κ3) is 3.80. The van der Waals surface area contributed by atoms with Gasteiger partial charge in [-0.05, 0) is 34.1 Å². The zero-order valence-electron chi connectivity index (χ0n) is 10.8. The molecule has 1 heterocycles. The van der Waals surface area contributed by atoms with Crippen LogP contribution in [0.1, 0.15) is 16.8 Å². The van der Waals surface area contributed by atoms with Crippen LogP contribution in [0.5, 0.6) is 0 Å². The van der Waals surface area contributed by atoms with Gasteiger partial charge in [0.2, 0.25) is 15.9 Å². The number of nitrogens with zero attached hydrogens (tertiary/aromatic N) is 1. The van der Waals surface area contributed by atoms with Gasteiger partial charge in [0.1, 0.15) is 0 Å². The van der Waals surface area contributed by atoms with Gasteiger partial charge in [-0.15, -0.1) is 0 Å². The molecule has 3 N–H and O–H groups in total. The Kier molecular flexibility index (Phi) is 4.35. The molecule has 1 atom stereocenters. The van der Waals surface area contributed by atoms with Crippen molar-refractivity contribution in [2.75, 3.05) is 17.2 Å². The summed E-state index contributed by atoms with van der Waals surface area (Å²) in [5.74, 6) is -1.90. The van der Waals surface area contributed by atoms with Crippen molar-refractivity contribution in [1.82, 2.24) is 0 Å². The molecule has 1 unspecified atom stereocenters. The largest absolute Gasteiger partial charge is 0.478 e. The number of anilines is 1. The summed E-state index contributed by atoms with van der Waals surface area (Å²) in [7, 11) is -3.63. The smallest absolute Gasteiger partial charge is 0.335 e. The highest BCUT2D eigenvalue weighted by Crippen LogP contribution is 2.32. The number of halogens is 1. The number of carbonyl (C=O) groups is 2. The molecular weight excluding hydrogens is 364 g/mol. The lowest BCUT2D eigenvalue weighted by atomic mass is 10.1. The molecule has 1 aromatic rings. The molecule has 1 aromatic carbocycles. The minimum Gasteiger partial charge on any atom is -0.478 e. The summed E-state index contributed by atoms with van der Waals surface area (Å²) in [5.41, 5.74) is 0.611. The second kappa shape index (κ2) is 5.74. The maximum Gasteiger partial charge on any atom is 0.335 e. The number of rotatable bonds is 4. The third-order valence-corrected chi connectivity index (χ3v) is 4.73. The molecule has 0 saturated carbocycles. The molecule has 1 aliphatic rings. The van der Waals surface area contributed by atoms with E-state index in [0.717, 1.165) is 0 Å². The molecule has 1 saturated heterocycles. The van der Waals surface area contributed by atoms with Gasteiger partial charge < -0.3 is 10.0 Å². The molecular formula is C12H13BrN2O5S. The zero-order chi connectivity index (χ0) is 15.8. The predicted molar refractivity (Wildman–Crippen MR) is 79.5 cm³/mol.